The maximum absolute atomic E-state index is 13.3. The Bertz CT molecular complexity index is 670. The van der Waals surface area contributed by atoms with E-state index in [9.17, 15) is 4.79 Å². The van der Waals surface area contributed by atoms with Crippen molar-refractivity contribution in [3.05, 3.63) is 23.8 Å². The van der Waals surface area contributed by atoms with E-state index in [1.54, 1.807) is 0 Å². The number of hydrogen-bond donors (Lipinski definition) is 0. The van der Waals surface area contributed by atoms with E-state index in [1.807, 2.05) is 0 Å². The van der Waals surface area contributed by atoms with Crippen molar-refractivity contribution in [1.82, 2.24) is 0 Å². The van der Waals surface area contributed by atoms with Gasteiger partial charge in [-0.15, -0.1) is 0 Å². The molecule has 4 aliphatic rings. The van der Waals surface area contributed by atoms with Crippen LogP contribution in [0, 0.1) is 46.3 Å². The summed E-state index contributed by atoms with van der Waals surface area (Å²) in [5.41, 5.74) is 1.97. The quantitative estimate of drug-likeness (QED) is 0.485. The molecule has 7 atom stereocenters. The number of allylic oxidation sites excluding steroid dienone is 4. The first-order chi connectivity index (χ1) is 13.3. The second kappa shape index (κ2) is 7.44. The number of hydrogen-bond acceptors (Lipinski definition) is 1. The number of rotatable bonds is 5. The maximum Gasteiger partial charge on any atom is 0.159 e. The van der Waals surface area contributed by atoms with E-state index in [0.29, 0.717) is 29.0 Å². The molecule has 1 nitrogen and oxygen atoms in total. The standard InChI is InChI=1S/C27H42O/c1-18(2)9-8-10-19(3)21-12-13-22-25-23(14-16-27(21,22)5)26(4)15-7-6-11-20(26)17-24(25)28/h6,11,17-19,21-23,25H,7-10,12-16H2,1-5H3/t19?,21?,22?,23?,25?,26-,27+/m0/s1. The monoisotopic (exact) mass is 382 g/mol. The van der Waals surface area contributed by atoms with Crippen LogP contribution in [0.3, 0.4) is 0 Å². The van der Waals surface area contributed by atoms with Crippen LogP contribution in [0.5, 0.6) is 0 Å². The van der Waals surface area contributed by atoms with Crippen molar-refractivity contribution in [2.45, 2.75) is 92.4 Å². The van der Waals surface area contributed by atoms with Crippen LogP contribution in [0.25, 0.3) is 0 Å². The molecule has 0 spiro atoms. The van der Waals surface area contributed by atoms with Gasteiger partial charge in [0.1, 0.15) is 0 Å². The molecule has 0 aromatic rings. The minimum absolute atomic E-state index is 0.246. The fourth-order valence-electron chi connectivity index (χ4n) is 8.07. The Labute approximate surface area is 173 Å². The molecule has 0 radical (unpaired) electrons. The van der Waals surface area contributed by atoms with Crippen molar-refractivity contribution in [1.29, 1.82) is 0 Å². The van der Waals surface area contributed by atoms with Crippen LogP contribution in [0.4, 0.5) is 0 Å². The summed E-state index contributed by atoms with van der Waals surface area (Å²) in [4.78, 5) is 13.3. The molecule has 2 saturated carbocycles. The Kier molecular flexibility index (Phi) is 5.43. The van der Waals surface area contributed by atoms with E-state index >= 15 is 0 Å². The molecule has 1 heteroatoms. The van der Waals surface area contributed by atoms with Gasteiger partial charge in [-0.2, -0.15) is 0 Å². The summed E-state index contributed by atoms with van der Waals surface area (Å²) in [6.07, 6.45) is 18.4. The Morgan fingerprint density at radius 2 is 1.82 bits per heavy atom. The lowest BCUT2D eigenvalue weighted by Gasteiger charge is -2.56. The first kappa shape index (κ1) is 20.4. The summed E-state index contributed by atoms with van der Waals surface area (Å²) in [5.74, 6) is 4.42. The molecule has 5 unspecified atom stereocenters. The van der Waals surface area contributed by atoms with Gasteiger partial charge in [-0.05, 0) is 90.6 Å². The maximum atomic E-state index is 13.3. The molecule has 2 fully saturated rings. The third kappa shape index (κ3) is 3.16. The molecule has 0 aromatic carbocycles. The lowest BCUT2D eigenvalue weighted by atomic mass is 9.47. The smallest absolute Gasteiger partial charge is 0.159 e. The summed E-state index contributed by atoms with van der Waals surface area (Å²) >= 11 is 0. The van der Waals surface area contributed by atoms with Crippen LogP contribution >= 0.6 is 0 Å². The summed E-state index contributed by atoms with van der Waals surface area (Å²) in [7, 11) is 0. The largest absolute Gasteiger partial charge is 0.295 e. The van der Waals surface area contributed by atoms with E-state index in [-0.39, 0.29) is 5.41 Å². The Morgan fingerprint density at radius 3 is 2.57 bits per heavy atom. The second-order valence-electron chi connectivity index (χ2n) is 11.6. The Balaban J connectivity index is 1.55. The fraction of sp³-hybridized carbons (Fsp3) is 0.815. The number of carbonyl (C=O) groups is 1. The topological polar surface area (TPSA) is 17.1 Å². The van der Waals surface area contributed by atoms with Gasteiger partial charge in [0, 0.05) is 5.92 Å². The molecular formula is C27H42O. The van der Waals surface area contributed by atoms with Gasteiger partial charge in [0.05, 0.1) is 0 Å². The van der Waals surface area contributed by atoms with Crippen LogP contribution in [0.1, 0.15) is 92.4 Å². The van der Waals surface area contributed by atoms with Crippen molar-refractivity contribution in [3.63, 3.8) is 0 Å². The zero-order chi connectivity index (χ0) is 20.1. The molecule has 4 rings (SSSR count). The molecule has 0 saturated heterocycles. The molecule has 156 valence electrons. The molecule has 0 N–H and O–H groups in total. The molecule has 0 bridgehead atoms. The molecule has 28 heavy (non-hydrogen) atoms. The zero-order valence-corrected chi connectivity index (χ0v) is 19.0. The Morgan fingerprint density at radius 1 is 1.04 bits per heavy atom. The van der Waals surface area contributed by atoms with Gasteiger partial charge in [0.15, 0.2) is 5.78 Å². The molecule has 0 amide bonds. The molecular weight excluding hydrogens is 340 g/mol. The van der Waals surface area contributed by atoms with Crippen LogP contribution in [-0.2, 0) is 4.79 Å². The first-order valence-electron chi connectivity index (χ1n) is 12.2. The van der Waals surface area contributed by atoms with Crippen molar-refractivity contribution in [3.8, 4) is 0 Å². The van der Waals surface area contributed by atoms with Gasteiger partial charge in [-0.25, -0.2) is 0 Å². The SMILES string of the molecule is CC(C)CCCC(C)C1CCC2C3C(=O)C=C4C=CCC[C@]4(C)C3CC[C@]12C. The van der Waals surface area contributed by atoms with Crippen LogP contribution in [0.15, 0.2) is 23.8 Å². The van der Waals surface area contributed by atoms with Gasteiger partial charge in [-0.3, -0.25) is 4.79 Å². The second-order valence-corrected chi connectivity index (χ2v) is 11.6. The predicted molar refractivity (Wildman–Crippen MR) is 118 cm³/mol. The van der Waals surface area contributed by atoms with E-state index in [0.717, 1.165) is 17.8 Å². The van der Waals surface area contributed by atoms with Gasteiger partial charge in [0.2, 0.25) is 0 Å². The average Bonchev–Trinajstić information content (AvgIpc) is 2.99. The van der Waals surface area contributed by atoms with E-state index in [2.05, 4.69) is 52.8 Å². The van der Waals surface area contributed by atoms with Crippen LogP contribution < -0.4 is 0 Å². The minimum Gasteiger partial charge on any atom is -0.295 e. The highest BCUT2D eigenvalue weighted by atomic mass is 16.1. The molecule has 0 aromatic heterocycles. The molecule has 4 aliphatic carbocycles. The number of ketones is 1. The Hall–Kier alpha value is -0.850. The molecule has 0 aliphatic heterocycles. The third-order valence-electron chi connectivity index (χ3n) is 9.70. The van der Waals surface area contributed by atoms with Crippen LogP contribution in [0.2, 0.25) is 0 Å². The lowest BCUT2D eigenvalue weighted by Crippen LogP contribution is -2.52. The lowest BCUT2D eigenvalue weighted by molar-refractivity contribution is -0.133. The summed E-state index contributed by atoms with van der Waals surface area (Å²) < 4.78 is 0. The summed E-state index contributed by atoms with van der Waals surface area (Å²) in [6, 6.07) is 0. The van der Waals surface area contributed by atoms with E-state index in [4.69, 9.17) is 0 Å². The van der Waals surface area contributed by atoms with E-state index < -0.39 is 0 Å². The minimum atomic E-state index is 0.246. The van der Waals surface area contributed by atoms with Gasteiger partial charge in [-0.1, -0.05) is 66.0 Å². The van der Waals surface area contributed by atoms with Gasteiger partial charge < -0.3 is 0 Å². The van der Waals surface area contributed by atoms with Crippen molar-refractivity contribution in [2.24, 2.45) is 46.3 Å². The number of carbonyl (C=O) groups excluding carboxylic acids is 1. The predicted octanol–water partition coefficient (Wildman–Crippen LogP) is 7.37. The summed E-state index contributed by atoms with van der Waals surface area (Å²) in [6.45, 7) is 12.2. The van der Waals surface area contributed by atoms with Crippen molar-refractivity contribution < 1.29 is 4.79 Å². The number of fused-ring (bicyclic) bond motifs is 5. The highest BCUT2D eigenvalue weighted by molar-refractivity contribution is 5.95. The zero-order valence-electron chi connectivity index (χ0n) is 19.0. The summed E-state index contributed by atoms with van der Waals surface area (Å²) in [5, 5.41) is 0. The average molecular weight is 383 g/mol. The third-order valence-corrected chi connectivity index (χ3v) is 9.70. The first-order valence-corrected chi connectivity index (χ1v) is 12.2. The van der Waals surface area contributed by atoms with Gasteiger partial charge >= 0.3 is 0 Å². The normalized spacial score (nSPS) is 43.4. The highest BCUT2D eigenvalue weighted by Gasteiger charge is 2.60. The highest BCUT2D eigenvalue weighted by Crippen LogP contribution is 2.66. The van der Waals surface area contributed by atoms with Crippen LogP contribution in [-0.4, -0.2) is 5.78 Å². The van der Waals surface area contributed by atoms with Gasteiger partial charge in [0.25, 0.3) is 0 Å². The van der Waals surface area contributed by atoms with E-state index in [1.165, 1.54) is 63.4 Å². The van der Waals surface area contributed by atoms with Crippen molar-refractivity contribution >= 4 is 5.78 Å². The molecule has 0 heterocycles. The fourth-order valence-corrected chi connectivity index (χ4v) is 8.07. The van der Waals surface area contributed by atoms with Crippen molar-refractivity contribution in [2.75, 3.05) is 0 Å².